The molecule has 1 amide bonds. The van der Waals surface area contributed by atoms with Crippen LogP contribution in [0, 0.1) is 16.7 Å². The van der Waals surface area contributed by atoms with E-state index in [1.807, 2.05) is 4.31 Å². The third kappa shape index (κ3) is 3.78. The Bertz CT molecular complexity index is 722. The molecule has 2 N–H and O–H groups in total. The van der Waals surface area contributed by atoms with Gasteiger partial charge in [0.1, 0.15) is 6.10 Å². The molecule has 3 atom stereocenters. The third-order valence-electron chi connectivity index (χ3n) is 9.25. The van der Waals surface area contributed by atoms with Crippen LogP contribution in [0.2, 0.25) is 0 Å². The van der Waals surface area contributed by atoms with Crippen molar-refractivity contribution in [3.05, 3.63) is 0 Å². The van der Waals surface area contributed by atoms with E-state index in [4.69, 9.17) is 10.5 Å². The number of amides is 1. The molecule has 0 radical (unpaired) electrons. The first kappa shape index (κ1) is 22.4. The quantitative estimate of drug-likeness (QED) is 0.655. The van der Waals surface area contributed by atoms with Crippen LogP contribution in [0.15, 0.2) is 0 Å². The number of nitrogens with zero attached hydrogens (tertiary/aromatic N) is 1. The van der Waals surface area contributed by atoms with Crippen LogP contribution in [0.1, 0.15) is 97.3 Å². The van der Waals surface area contributed by atoms with E-state index < -0.39 is 27.6 Å². The van der Waals surface area contributed by atoms with Crippen LogP contribution in [-0.4, -0.2) is 42.8 Å². The number of ether oxygens (including phenoxy) is 1. The summed E-state index contributed by atoms with van der Waals surface area (Å²) in [6.07, 6.45) is 12.2. The molecule has 0 spiro atoms. The second kappa shape index (κ2) is 8.27. The average Bonchev–Trinajstić information content (AvgIpc) is 3.03. The number of nitrogens with two attached hydrogens (primary N) is 1. The fourth-order valence-corrected chi connectivity index (χ4v) is 10.3. The lowest BCUT2D eigenvalue weighted by atomic mass is 9.69. The maximum Gasteiger partial charge on any atom is 0.404 e. The Labute approximate surface area is 182 Å². The smallest absolute Gasteiger partial charge is 0.404 e. The maximum absolute atomic E-state index is 14.1. The number of carbonyl (C=O) groups excluding carboxylic acids is 1. The van der Waals surface area contributed by atoms with Crippen LogP contribution in [-0.2, 0) is 14.8 Å². The van der Waals surface area contributed by atoms with Gasteiger partial charge in [-0.15, -0.1) is 0 Å². The zero-order chi connectivity index (χ0) is 21.6. The van der Waals surface area contributed by atoms with Gasteiger partial charge in [-0.1, -0.05) is 52.4 Å². The molecule has 172 valence electrons. The first-order chi connectivity index (χ1) is 14.2. The van der Waals surface area contributed by atoms with E-state index in [-0.39, 0.29) is 23.3 Å². The molecule has 7 heteroatoms. The number of fused-ring (bicyclic) bond motifs is 2. The van der Waals surface area contributed by atoms with Crippen molar-refractivity contribution in [3.63, 3.8) is 0 Å². The van der Waals surface area contributed by atoms with E-state index in [9.17, 15) is 13.2 Å². The fraction of sp³-hybridized carbons (Fsp3) is 0.957. The van der Waals surface area contributed by atoms with E-state index >= 15 is 0 Å². The summed E-state index contributed by atoms with van der Waals surface area (Å²) in [4.78, 5) is 11.6. The number of primary amides is 1. The summed E-state index contributed by atoms with van der Waals surface area (Å²) in [5, 5.41) is 0. The zero-order valence-electron chi connectivity index (χ0n) is 18.8. The molecule has 0 saturated heterocycles. The average molecular weight is 441 g/mol. The monoisotopic (exact) mass is 440 g/mol. The molecule has 0 aromatic heterocycles. The van der Waals surface area contributed by atoms with Gasteiger partial charge in [0, 0.05) is 17.5 Å². The highest BCUT2D eigenvalue weighted by Gasteiger charge is 2.67. The zero-order valence-corrected chi connectivity index (χ0v) is 19.6. The summed E-state index contributed by atoms with van der Waals surface area (Å²) in [5.41, 5.74) is 4.68. The van der Waals surface area contributed by atoms with Crippen molar-refractivity contribution in [2.24, 2.45) is 22.5 Å². The SMILES string of the molecule is CC1(C)[C@@H]2CC[C@@]1(CS(=O)(=O)N(C1CCCCC1)C1CCCCC1)[C@H](OC(N)=O)C2. The van der Waals surface area contributed by atoms with Crippen LogP contribution in [0.4, 0.5) is 4.79 Å². The first-order valence-electron chi connectivity index (χ1n) is 12.1. The predicted octanol–water partition coefficient (Wildman–Crippen LogP) is 4.57. The minimum Gasteiger partial charge on any atom is -0.446 e. The Morgan fingerprint density at radius 3 is 1.97 bits per heavy atom. The molecule has 4 fully saturated rings. The molecule has 0 aromatic rings. The van der Waals surface area contributed by atoms with Crippen molar-refractivity contribution in [2.45, 2.75) is 116 Å². The predicted molar refractivity (Wildman–Crippen MR) is 117 cm³/mol. The molecule has 4 aliphatic carbocycles. The number of carbonyl (C=O) groups is 1. The van der Waals surface area contributed by atoms with Crippen LogP contribution in [0.5, 0.6) is 0 Å². The lowest BCUT2D eigenvalue weighted by Gasteiger charge is -2.46. The van der Waals surface area contributed by atoms with Crippen LogP contribution >= 0.6 is 0 Å². The van der Waals surface area contributed by atoms with Gasteiger partial charge in [-0.2, -0.15) is 4.31 Å². The summed E-state index contributed by atoms with van der Waals surface area (Å²) in [7, 11) is -3.49. The molecule has 0 aliphatic heterocycles. The van der Waals surface area contributed by atoms with E-state index in [0.29, 0.717) is 5.92 Å². The highest BCUT2D eigenvalue weighted by Crippen LogP contribution is 2.67. The largest absolute Gasteiger partial charge is 0.446 e. The van der Waals surface area contributed by atoms with Crippen molar-refractivity contribution < 1.29 is 17.9 Å². The molecular formula is C23H40N2O4S. The van der Waals surface area contributed by atoms with Gasteiger partial charge < -0.3 is 10.5 Å². The molecule has 2 bridgehead atoms. The Kier molecular flexibility index (Phi) is 6.17. The molecule has 0 unspecified atom stereocenters. The third-order valence-corrected chi connectivity index (χ3v) is 11.4. The minimum atomic E-state index is -3.49. The van der Waals surface area contributed by atoms with E-state index in [0.717, 1.165) is 70.6 Å². The van der Waals surface area contributed by atoms with Crippen LogP contribution in [0.25, 0.3) is 0 Å². The summed E-state index contributed by atoms with van der Waals surface area (Å²) in [6, 6.07) is 0.279. The van der Waals surface area contributed by atoms with Gasteiger partial charge in [-0.25, -0.2) is 13.2 Å². The van der Waals surface area contributed by atoms with E-state index in [2.05, 4.69) is 13.8 Å². The van der Waals surface area contributed by atoms with Gasteiger partial charge in [0.15, 0.2) is 0 Å². The summed E-state index contributed by atoms with van der Waals surface area (Å²) in [6.45, 7) is 4.35. The number of sulfonamides is 1. The maximum atomic E-state index is 14.1. The summed E-state index contributed by atoms with van der Waals surface area (Å²) in [5.74, 6) is 0.476. The summed E-state index contributed by atoms with van der Waals surface area (Å²) >= 11 is 0. The van der Waals surface area contributed by atoms with Crippen molar-refractivity contribution in [1.82, 2.24) is 4.31 Å². The number of hydrogen-bond acceptors (Lipinski definition) is 4. The molecule has 0 aromatic carbocycles. The van der Waals surface area contributed by atoms with Crippen LogP contribution < -0.4 is 5.73 Å². The standard InChI is InChI=1S/C23H40N2O4S/c1-22(2)17-13-14-23(22,20(15-17)29-21(24)26)16-30(27,28)25(18-9-5-3-6-10-18)19-11-7-4-8-12-19/h17-20H,3-16H2,1-2H3,(H2,24,26)/t17-,20-,23-/m1/s1. The molecule has 4 saturated carbocycles. The lowest BCUT2D eigenvalue weighted by molar-refractivity contribution is 0.000480. The molecule has 4 rings (SSSR count). The minimum absolute atomic E-state index is 0.0917. The Hall–Kier alpha value is -0.820. The van der Waals surface area contributed by atoms with Crippen molar-refractivity contribution in [3.8, 4) is 0 Å². The van der Waals surface area contributed by atoms with Crippen molar-refractivity contribution in [2.75, 3.05) is 5.75 Å². The second-order valence-electron chi connectivity index (χ2n) is 10.9. The number of rotatable bonds is 6. The van der Waals surface area contributed by atoms with Gasteiger partial charge in [-0.05, 0) is 56.3 Å². The fourth-order valence-electron chi connectivity index (χ4n) is 7.47. The molecule has 6 nitrogen and oxygen atoms in total. The van der Waals surface area contributed by atoms with Gasteiger partial charge in [0.2, 0.25) is 10.0 Å². The molecule has 0 heterocycles. The van der Waals surface area contributed by atoms with Gasteiger partial charge in [0.05, 0.1) is 5.75 Å². The van der Waals surface area contributed by atoms with Crippen LogP contribution in [0.3, 0.4) is 0 Å². The Morgan fingerprint density at radius 1 is 0.967 bits per heavy atom. The van der Waals surface area contributed by atoms with Crippen molar-refractivity contribution in [1.29, 1.82) is 0 Å². The second-order valence-corrected chi connectivity index (χ2v) is 12.8. The Balaban J connectivity index is 1.66. The lowest BCUT2D eigenvalue weighted by Crippen LogP contribution is -2.54. The molecule has 30 heavy (non-hydrogen) atoms. The molecule has 4 aliphatic rings. The number of hydrogen-bond donors (Lipinski definition) is 1. The highest BCUT2D eigenvalue weighted by atomic mass is 32.2. The van der Waals surface area contributed by atoms with Crippen molar-refractivity contribution >= 4 is 16.1 Å². The van der Waals surface area contributed by atoms with Gasteiger partial charge in [-0.3, -0.25) is 0 Å². The normalized spacial score (nSPS) is 35.0. The topological polar surface area (TPSA) is 89.7 Å². The van der Waals surface area contributed by atoms with E-state index in [1.165, 1.54) is 12.8 Å². The Morgan fingerprint density at radius 2 is 1.50 bits per heavy atom. The summed E-state index contributed by atoms with van der Waals surface area (Å²) < 4.78 is 35.8. The van der Waals surface area contributed by atoms with Gasteiger partial charge >= 0.3 is 6.09 Å². The van der Waals surface area contributed by atoms with Gasteiger partial charge in [0.25, 0.3) is 0 Å². The molecular weight excluding hydrogens is 400 g/mol. The van der Waals surface area contributed by atoms with E-state index in [1.54, 1.807) is 0 Å². The first-order valence-corrected chi connectivity index (χ1v) is 13.8. The highest BCUT2D eigenvalue weighted by molar-refractivity contribution is 7.89.